The maximum Gasteiger partial charge on any atom is 0.234 e. The molecule has 1 aromatic heterocycles. The molecule has 0 aliphatic carbocycles. The Bertz CT molecular complexity index is 706. The topological polar surface area (TPSA) is 70.8 Å². The van der Waals surface area contributed by atoms with Crippen LogP contribution in [-0.2, 0) is 17.9 Å². The van der Waals surface area contributed by atoms with Gasteiger partial charge in [-0.3, -0.25) is 14.6 Å². The predicted molar refractivity (Wildman–Crippen MR) is 97.8 cm³/mol. The molecule has 1 amide bonds. The van der Waals surface area contributed by atoms with Crippen molar-refractivity contribution in [1.82, 2.24) is 20.3 Å². The number of rotatable bonds is 7. The summed E-state index contributed by atoms with van der Waals surface area (Å²) in [6, 6.07) is 9.69. The monoisotopic (exact) mass is 358 g/mol. The number of amides is 1. The molecule has 1 N–H and O–H groups in total. The Morgan fingerprint density at radius 3 is 2.50 bits per heavy atom. The smallest absolute Gasteiger partial charge is 0.234 e. The summed E-state index contributed by atoms with van der Waals surface area (Å²) in [6.45, 7) is 7.27. The second kappa shape index (κ2) is 8.82. The fourth-order valence-corrected chi connectivity index (χ4v) is 3.02. The zero-order valence-corrected chi connectivity index (χ0v) is 15.4. The van der Waals surface area contributed by atoms with Crippen LogP contribution in [0.5, 0.6) is 5.75 Å². The molecule has 140 valence electrons. The van der Waals surface area contributed by atoms with Gasteiger partial charge in [-0.25, -0.2) is 0 Å². The average molecular weight is 358 g/mol. The lowest BCUT2D eigenvalue weighted by Gasteiger charge is -2.33. The molecule has 7 heteroatoms. The van der Waals surface area contributed by atoms with Gasteiger partial charge in [0, 0.05) is 38.8 Å². The Kier molecular flexibility index (Phi) is 6.25. The summed E-state index contributed by atoms with van der Waals surface area (Å²) in [5.74, 6) is 1.77. The molecule has 2 aromatic rings. The molecule has 0 spiro atoms. The molecule has 0 radical (unpaired) electrons. The van der Waals surface area contributed by atoms with E-state index < -0.39 is 0 Å². The minimum atomic E-state index is 0.0557. The highest BCUT2D eigenvalue weighted by Gasteiger charge is 2.20. The first-order valence-corrected chi connectivity index (χ1v) is 8.89. The van der Waals surface area contributed by atoms with Crippen molar-refractivity contribution >= 4 is 5.91 Å². The highest BCUT2D eigenvalue weighted by atomic mass is 16.5. The number of nitrogens with one attached hydrogen (secondary N) is 1. The van der Waals surface area contributed by atoms with Gasteiger partial charge in [-0.1, -0.05) is 17.3 Å². The van der Waals surface area contributed by atoms with Crippen LogP contribution < -0.4 is 10.1 Å². The Hall–Kier alpha value is -2.38. The van der Waals surface area contributed by atoms with Crippen LogP contribution in [-0.4, -0.2) is 60.7 Å². The summed E-state index contributed by atoms with van der Waals surface area (Å²) in [5, 5.41) is 6.90. The molecule has 1 aromatic carbocycles. The number of hydrogen-bond acceptors (Lipinski definition) is 6. The lowest BCUT2D eigenvalue weighted by atomic mass is 10.2. The van der Waals surface area contributed by atoms with E-state index in [0.29, 0.717) is 13.1 Å². The summed E-state index contributed by atoms with van der Waals surface area (Å²) in [6.07, 6.45) is 0. The van der Waals surface area contributed by atoms with E-state index >= 15 is 0 Å². The minimum absolute atomic E-state index is 0.0557. The van der Waals surface area contributed by atoms with E-state index in [9.17, 15) is 4.79 Å². The number of carbonyl (C=O) groups excluding carboxylic acids is 1. The first-order chi connectivity index (χ1) is 12.6. The van der Waals surface area contributed by atoms with E-state index in [2.05, 4.69) is 20.3 Å². The molecule has 3 rings (SSSR count). The zero-order valence-electron chi connectivity index (χ0n) is 15.4. The number of hydrogen-bond donors (Lipinski definition) is 1. The molecule has 2 heterocycles. The number of benzene rings is 1. The highest BCUT2D eigenvalue weighted by Crippen LogP contribution is 2.11. The fraction of sp³-hybridized carbons (Fsp3) is 0.474. The molecule has 1 aliphatic rings. The van der Waals surface area contributed by atoms with Gasteiger partial charge in [0.2, 0.25) is 5.91 Å². The normalized spacial score (nSPS) is 15.8. The van der Waals surface area contributed by atoms with E-state index in [4.69, 9.17) is 9.26 Å². The molecule has 1 fully saturated rings. The van der Waals surface area contributed by atoms with Crippen LogP contribution in [0.4, 0.5) is 0 Å². The number of aryl methyl sites for hydroxylation is 1. The quantitative estimate of drug-likeness (QED) is 0.807. The number of ether oxygens (including phenoxy) is 1. The van der Waals surface area contributed by atoms with Gasteiger partial charge >= 0.3 is 0 Å². The number of aromatic nitrogens is 1. The van der Waals surface area contributed by atoms with Gasteiger partial charge in [0.25, 0.3) is 0 Å². The van der Waals surface area contributed by atoms with Crippen LogP contribution in [0.1, 0.15) is 17.0 Å². The van der Waals surface area contributed by atoms with Crippen molar-refractivity contribution in [2.45, 2.75) is 20.0 Å². The van der Waals surface area contributed by atoms with Crippen molar-refractivity contribution in [2.75, 3.05) is 39.8 Å². The Balaban J connectivity index is 1.36. The van der Waals surface area contributed by atoms with E-state index in [1.807, 2.05) is 37.3 Å². The standard InChI is InChI=1S/C19H26N4O3/c1-15-11-18(26-21-15)13-22-7-9-23(10-8-22)14-19(24)20-12-16-3-5-17(25-2)6-4-16/h3-6,11H,7-10,12-14H2,1-2H3,(H,20,24). The number of piperazine rings is 1. The van der Waals surface area contributed by atoms with Gasteiger partial charge in [-0.2, -0.15) is 0 Å². The molecular formula is C19H26N4O3. The van der Waals surface area contributed by atoms with Crippen molar-refractivity contribution in [3.05, 3.63) is 47.3 Å². The molecule has 0 unspecified atom stereocenters. The van der Waals surface area contributed by atoms with Gasteiger partial charge < -0.3 is 14.6 Å². The first kappa shape index (κ1) is 18.4. The molecule has 1 saturated heterocycles. The largest absolute Gasteiger partial charge is 0.497 e. The molecule has 1 aliphatic heterocycles. The van der Waals surface area contributed by atoms with Crippen LogP contribution in [0.2, 0.25) is 0 Å². The number of methoxy groups -OCH3 is 1. The molecule has 0 saturated carbocycles. The molecule has 26 heavy (non-hydrogen) atoms. The SMILES string of the molecule is COc1ccc(CNC(=O)CN2CCN(Cc3cc(C)no3)CC2)cc1. The minimum Gasteiger partial charge on any atom is -0.497 e. The van der Waals surface area contributed by atoms with E-state index in [1.165, 1.54) is 0 Å². The number of nitrogens with zero attached hydrogens (tertiary/aromatic N) is 3. The van der Waals surface area contributed by atoms with Crippen LogP contribution in [0.3, 0.4) is 0 Å². The summed E-state index contributed by atoms with van der Waals surface area (Å²) in [4.78, 5) is 16.7. The number of carbonyl (C=O) groups is 1. The first-order valence-electron chi connectivity index (χ1n) is 8.89. The van der Waals surface area contributed by atoms with Gasteiger partial charge in [0.15, 0.2) is 5.76 Å². The van der Waals surface area contributed by atoms with Gasteiger partial charge in [0.05, 0.1) is 25.9 Å². The van der Waals surface area contributed by atoms with Crippen molar-refractivity contribution in [2.24, 2.45) is 0 Å². The van der Waals surface area contributed by atoms with Crippen LogP contribution >= 0.6 is 0 Å². The van der Waals surface area contributed by atoms with Crippen molar-refractivity contribution in [3.8, 4) is 5.75 Å². The Labute approximate surface area is 153 Å². The summed E-state index contributed by atoms with van der Waals surface area (Å²) < 4.78 is 10.4. The third kappa shape index (κ3) is 5.31. The molecule has 7 nitrogen and oxygen atoms in total. The molecule has 0 atom stereocenters. The van der Waals surface area contributed by atoms with E-state index in [1.54, 1.807) is 7.11 Å². The predicted octanol–water partition coefficient (Wildman–Crippen LogP) is 1.43. The maximum absolute atomic E-state index is 12.2. The van der Waals surface area contributed by atoms with Crippen LogP contribution in [0, 0.1) is 6.92 Å². The average Bonchev–Trinajstić information content (AvgIpc) is 3.07. The second-order valence-corrected chi connectivity index (χ2v) is 6.61. The third-order valence-electron chi connectivity index (χ3n) is 4.54. The third-order valence-corrected chi connectivity index (χ3v) is 4.54. The van der Waals surface area contributed by atoms with Crippen LogP contribution in [0.25, 0.3) is 0 Å². The van der Waals surface area contributed by atoms with Gasteiger partial charge in [0.1, 0.15) is 5.75 Å². The zero-order chi connectivity index (χ0) is 18.4. The maximum atomic E-state index is 12.2. The van der Waals surface area contributed by atoms with Gasteiger partial charge in [-0.05, 0) is 24.6 Å². The van der Waals surface area contributed by atoms with Crippen molar-refractivity contribution in [1.29, 1.82) is 0 Å². The summed E-state index contributed by atoms with van der Waals surface area (Å²) >= 11 is 0. The second-order valence-electron chi connectivity index (χ2n) is 6.61. The highest BCUT2D eigenvalue weighted by molar-refractivity contribution is 5.78. The molecule has 0 bridgehead atoms. The van der Waals surface area contributed by atoms with Crippen molar-refractivity contribution < 1.29 is 14.1 Å². The summed E-state index contributed by atoms with van der Waals surface area (Å²) in [5.41, 5.74) is 1.97. The lowest BCUT2D eigenvalue weighted by molar-refractivity contribution is -0.122. The fourth-order valence-electron chi connectivity index (χ4n) is 3.02. The van der Waals surface area contributed by atoms with Crippen LogP contribution in [0.15, 0.2) is 34.9 Å². The Morgan fingerprint density at radius 1 is 1.19 bits per heavy atom. The van der Waals surface area contributed by atoms with E-state index in [-0.39, 0.29) is 5.91 Å². The lowest BCUT2D eigenvalue weighted by Crippen LogP contribution is -2.49. The van der Waals surface area contributed by atoms with Crippen molar-refractivity contribution in [3.63, 3.8) is 0 Å². The summed E-state index contributed by atoms with van der Waals surface area (Å²) in [7, 11) is 1.64. The van der Waals surface area contributed by atoms with E-state index in [0.717, 1.165) is 55.5 Å². The molecular weight excluding hydrogens is 332 g/mol. The Morgan fingerprint density at radius 2 is 1.88 bits per heavy atom. The van der Waals surface area contributed by atoms with Gasteiger partial charge in [-0.15, -0.1) is 0 Å².